The molecule has 1 N–H and O–H groups in total. The average Bonchev–Trinajstić information content (AvgIpc) is 2.45. The number of halogens is 3. The minimum Gasteiger partial charge on any atom is -0.311 e. The van der Waals surface area contributed by atoms with Gasteiger partial charge in [0.2, 0.25) is 0 Å². The highest BCUT2D eigenvalue weighted by Gasteiger charge is 2.30. The first-order valence-corrected chi connectivity index (χ1v) is 6.10. The normalized spacial score (nSPS) is 13.2. The standard InChI is InChI=1S/C14H14F3N3/c1-18-12(13-9-19-5-6-20-13)8-10-3-2-4-11(7-10)14(15,16)17/h2-7,9,12,18H,8H2,1H3. The summed E-state index contributed by atoms with van der Waals surface area (Å²) in [6.07, 6.45) is 0.817. The van der Waals surface area contributed by atoms with Crippen molar-refractivity contribution in [3.05, 3.63) is 59.7 Å². The highest BCUT2D eigenvalue weighted by Crippen LogP contribution is 2.30. The zero-order chi connectivity index (χ0) is 14.6. The molecule has 1 unspecified atom stereocenters. The second-order valence-electron chi connectivity index (χ2n) is 4.37. The number of hydrogen-bond acceptors (Lipinski definition) is 3. The quantitative estimate of drug-likeness (QED) is 0.936. The Labute approximate surface area is 114 Å². The molecule has 0 saturated heterocycles. The van der Waals surface area contributed by atoms with Crippen molar-refractivity contribution in [2.45, 2.75) is 18.6 Å². The van der Waals surface area contributed by atoms with Crippen molar-refractivity contribution in [1.29, 1.82) is 0 Å². The minimum absolute atomic E-state index is 0.174. The minimum atomic E-state index is -4.32. The number of likely N-dealkylation sites (N-methyl/N-ethyl adjacent to an activating group) is 1. The van der Waals surface area contributed by atoms with Crippen LogP contribution in [0.3, 0.4) is 0 Å². The molecule has 20 heavy (non-hydrogen) atoms. The second-order valence-corrected chi connectivity index (χ2v) is 4.37. The molecule has 0 aliphatic heterocycles. The molecule has 106 valence electrons. The number of nitrogens with one attached hydrogen (secondary N) is 1. The lowest BCUT2D eigenvalue weighted by atomic mass is 10.0. The molecule has 0 bridgehead atoms. The molecule has 0 amide bonds. The molecule has 0 saturated carbocycles. The van der Waals surface area contributed by atoms with E-state index in [2.05, 4.69) is 15.3 Å². The zero-order valence-electron chi connectivity index (χ0n) is 10.9. The molecule has 1 aromatic heterocycles. The monoisotopic (exact) mass is 281 g/mol. The Morgan fingerprint density at radius 3 is 2.65 bits per heavy atom. The molecule has 1 heterocycles. The topological polar surface area (TPSA) is 37.8 Å². The first kappa shape index (κ1) is 14.5. The summed E-state index contributed by atoms with van der Waals surface area (Å²) in [6.45, 7) is 0. The maximum absolute atomic E-state index is 12.7. The maximum atomic E-state index is 12.7. The van der Waals surface area contributed by atoms with Gasteiger partial charge in [-0.1, -0.05) is 18.2 Å². The molecule has 3 nitrogen and oxygen atoms in total. The van der Waals surface area contributed by atoms with Crippen LogP contribution in [0.1, 0.15) is 22.9 Å². The van der Waals surface area contributed by atoms with Gasteiger partial charge in [0.1, 0.15) is 0 Å². The van der Waals surface area contributed by atoms with E-state index in [1.165, 1.54) is 12.1 Å². The van der Waals surface area contributed by atoms with Crippen LogP contribution in [0, 0.1) is 0 Å². The third-order valence-electron chi connectivity index (χ3n) is 2.98. The lowest BCUT2D eigenvalue weighted by Gasteiger charge is -2.16. The summed E-state index contributed by atoms with van der Waals surface area (Å²) < 4.78 is 38.0. The van der Waals surface area contributed by atoms with Gasteiger partial charge in [-0.3, -0.25) is 9.97 Å². The fourth-order valence-corrected chi connectivity index (χ4v) is 1.96. The summed E-state index contributed by atoms with van der Waals surface area (Å²) >= 11 is 0. The summed E-state index contributed by atoms with van der Waals surface area (Å²) in [6, 6.07) is 5.16. The van der Waals surface area contributed by atoms with Gasteiger partial charge in [-0.25, -0.2) is 0 Å². The van der Waals surface area contributed by atoms with Crippen LogP contribution >= 0.6 is 0 Å². The number of rotatable bonds is 4. The van der Waals surface area contributed by atoms with Crippen LogP contribution in [0.5, 0.6) is 0 Å². The Morgan fingerprint density at radius 2 is 2.05 bits per heavy atom. The fourth-order valence-electron chi connectivity index (χ4n) is 1.96. The first-order chi connectivity index (χ1) is 9.50. The van der Waals surface area contributed by atoms with Crippen molar-refractivity contribution >= 4 is 0 Å². The fraction of sp³-hybridized carbons (Fsp3) is 0.286. The molecule has 6 heteroatoms. The van der Waals surface area contributed by atoms with Crippen molar-refractivity contribution in [2.24, 2.45) is 0 Å². The Balaban J connectivity index is 2.20. The van der Waals surface area contributed by atoms with Gasteiger partial charge >= 0.3 is 6.18 Å². The van der Waals surface area contributed by atoms with E-state index in [-0.39, 0.29) is 6.04 Å². The summed E-state index contributed by atoms with van der Waals surface area (Å²) in [7, 11) is 1.74. The van der Waals surface area contributed by atoms with Gasteiger partial charge in [-0.05, 0) is 25.1 Å². The SMILES string of the molecule is CNC(Cc1cccc(C(F)(F)F)c1)c1cnccn1. The van der Waals surface area contributed by atoms with E-state index in [0.29, 0.717) is 17.7 Å². The third kappa shape index (κ3) is 3.54. The molecule has 0 fully saturated rings. The number of aromatic nitrogens is 2. The van der Waals surface area contributed by atoms with E-state index in [4.69, 9.17) is 0 Å². The summed E-state index contributed by atoms with van der Waals surface area (Å²) in [4.78, 5) is 8.14. The number of alkyl halides is 3. The molecular weight excluding hydrogens is 267 g/mol. The van der Waals surface area contributed by atoms with E-state index in [0.717, 1.165) is 6.07 Å². The van der Waals surface area contributed by atoms with Gasteiger partial charge in [0.05, 0.1) is 17.3 Å². The lowest BCUT2D eigenvalue weighted by molar-refractivity contribution is -0.137. The molecule has 0 radical (unpaired) electrons. The molecule has 0 aliphatic rings. The van der Waals surface area contributed by atoms with Gasteiger partial charge < -0.3 is 5.32 Å². The molecule has 0 aliphatic carbocycles. The van der Waals surface area contributed by atoms with Crippen LogP contribution < -0.4 is 5.32 Å². The highest BCUT2D eigenvalue weighted by molar-refractivity contribution is 5.27. The van der Waals surface area contributed by atoms with E-state index < -0.39 is 11.7 Å². The van der Waals surface area contributed by atoms with Crippen LogP contribution in [0.15, 0.2) is 42.9 Å². The predicted molar refractivity (Wildman–Crippen MR) is 69.0 cm³/mol. The molecule has 2 aromatic rings. The Kier molecular flexibility index (Phi) is 4.34. The third-order valence-corrected chi connectivity index (χ3v) is 2.98. The van der Waals surface area contributed by atoms with Crippen LogP contribution in [-0.4, -0.2) is 17.0 Å². The lowest BCUT2D eigenvalue weighted by Crippen LogP contribution is -2.20. The van der Waals surface area contributed by atoms with E-state index in [1.807, 2.05) is 0 Å². The molecular formula is C14H14F3N3. The van der Waals surface area contributed by atoms with E-state index in [1.54, 1.807) is 31.7 Å². The summed E-state index contributed by atoms with van der Waals surface area (Å²) in [5.41, 5.74) is 0.668. The van der Waals surface area contributed by atoms with Crippen LogP contribution in [0.25, 0.3) is 0 Å². The van der Waals surface area contributed by atoms with Gasteiger partial charge in [0, 0.05) is 18.6 Å². The van der Waals surface area contributed by atoms with Gasteiger partial charge in [-0.15, -0.1) is 0 Å². The van der Waals surface area contributed by atoms with Crippen molar-refractivity contribution in [3.8, 4) is 0 Å². The van der Waals surface area contributed by atoms with Gasteiger partial charge in [0.15, 0.2) is 0 Å². The van der Waals surface area contributed by atoms with Crippen molar-refractivity contribution in [3.63, 3.8) is 0 Å². The predicted octanol–water partition coefficient (Wildman–Crippen LogP) is 3.00. The highest BCUT2D eigenvalue weighted by atomic mass is 19.4. The molecule has 2 rings (SSSR count). The number of benzene rings is 1. The first-order valence-electron chi connectivity index (χ1n) is 6.10. The van der Waals surface area contributed by atoms with Gasteiger partial charge in [0.25, 0.3) is 0 Å². The van der Waals surface area contributed by atoms with Crippen LogP contribution in [0.4, 0.5) is 13.2 Å². The van der Waals surface area contributed by atoms with Crippen LogP contribution in [0.2, 0.25) is 0 Å². The van der Waals surface area contributed by atoms with Crippen molar-refractivity contribution in [2.75, 3.05) is 7.05 Å². The van der Waals surface area contributed by atoms with Crippen LogP contribution in [-0.2, 0) is 12.6 Å². The average molecular weight is 281 g/mol. The Bertz CT molecular complexity index is 555. The smallest absolute Gasteiger partial charge is 0.311 e. The van der Waals surface area contributed by atoms with E-state index >= 15 is 0 Å². The van der Waals surface area contributed by atoms with Crippen molar-refractivity contribution < 1.29 is 13.2 Å². The summed E-state index contributed by atoms with van der Waals surface area (Å²) in [5, 5.41) is 3.04. The number of hydrogen-bond donors (Lipinski definition) is 1. The Hall–Kier alpha value is -1.95. The maximum Gasteiger partial charge on any atom is 0.416 e. The molecule has 1 atom stereocenters. The Morgan fingerprint density at radius 1 is 1.25 bits per heavy atom. The number of nitrogens with zero attached hydrogens (tertiary/aromatic N) is 2. The zero-order valence-corrected chi connectivity index (χ0v) is 10.9. The summed E-state index contributed by atoms with van der Waals surface area (Å²) in [5.74, 6) is 0. The van der Waals surface area contributed by atoms with Gasteiger partial charge in [-0.2, -0.15) is 13.2 Å². The second kappa shape index (κ2) is 6.00. The molecule has 0 spiro atoms. The van der Waals surface area contributed by atoms with E-state index in [9.17, 15) is 13.2 Å². The largest absolute Gasteiger partial charge is 0.416 e. The van der Waals surface area contributed by atoms with Crippen molar-refractivity contribution in [1.82, 2.24) is 15.3 Å². The molecule has 1 aromatic carbocycles.